The maximum absolute atomic E-state index is 13.2. The first kappa shape index (κ1) is 25.6. The molecule has 0 atom stereocenters. The fourth-order valence-corrected chi connectivity index (χ4v) is 5.07. The molecule has 0 radical (unpaired) electrons. The second-order valence-corrected chi connectivity index (χ2v) is 9.43. The largest absolute Gasteiger partial charge is 0.495 e. The quantitative estimate of drug-likeness (QED) is 0.342. The molecule has 0 spiro atoms. The molecule has 1 fully saturated rings. The van der Waals surface area contributed by atoms with E-state index < -0.39 is 0 Å². The minimum Gasteiger partial charge on any atom is -0.495 e. The van der Waals surface area contributed by atoms with Crippen molar-refractivity contribution >= 4 is 34.9 Å². The number of rotatable bonds is 6. The molecule has 0 bridgehead atoms. The molecule has 1 aliphatic rings. The van der Waals surface area contributed by atoms with E-state index in [1.807, 2.05) is 23.1 Å². The number of nitrogens with zero attached hydrogens (tertiary/aromatic N) is 2. The fourth-order valence-electron chi connectivity index (χ4n) is 5.07. The Hall–Kier alpha value is -3.44. The van der Waals surface area contributed by atoms with Crippen LogP contribution in [0.4, 0.5) is 5.69 Å². The van der Waals surface area contributed by atoms with Gasteiger partial charge >= 0.3 is 0 Å². The summed E-state index contributed by atoms with van der Waals surface area (Å²) in [6.07, 6.45) is 1.23. The summed E-state index contributed by atoms with van der Waals surface area (Å²) in [6.45, 7) is 7.31. The molecular formula is C30H34ClN3O2. The Balaban J connectivity index is 0.00000304. The first-order valence-electron chi connectivity index (χ1n) is 12.4. The highest BCUT2D eigenvalue weighted by molar-refractivity contribution is 5.92. The molecule has 1 aromatic heterocycles. The number of halogens is 1. The summed E-state index contributed by atoms with van der Waals surface area (Å²) in [6, 6.07) is 23.2. The van der Waals surface area contributed by atoms with Crippen LogP contribution >= 0.6 is 12.4 Å². The highest BCUT2D eigenvalue weighted by atomic mass is 35.5. The van der Waals surface area contributed by atoms with Crippen molar-refractivity contribution in [1.82, 2.24) is 9.88 Å². The number of aromatic amines is 1. The fraction of sp³-hybridized carbons (Fsp3) is 0.300. The molecule has 1 amide bonds. The molecule has 0 aliphatic carbocycles. The number of nitrogens with one attached hydrogen (secondary N) is 1. The lowest BCUT2D eigenvalue weighted by Crippen LogP contribution is -2.48. The number of hydrogen-bond acceptors (Lipinski definition) is 3. The monoisotopic (exact) mass is 503 g/mol. The molecule has 0 unspecified atom stereocenters. The van der Waals surface area contributed by atoms with Crippen molar-refractivity contribution in [3.63, 3.8) is 0 Å². The van der Waals surface area contributed by atoms with Crippen LogP contribution in [0.3, 0.4) is 0 Å². The molecule has 0 saturated carbocycles. The van der Waals surface area contributed by atoms with Gasteiger partial charge in [-0.15, -0.1) is 12.4 Å². The second-order valence-electron chi connectivity index (χ2n) is 9.43. The maximum Gasteiger partial charge on any atom is 0.223 e. The predicted octanol–water partition coefficient (Wildman–Crippen LogP) is 6.16. The lowest BCUT2D eigenvalue weighted by molar-refractivity contribution is -0.131. The number of carbonyl (C=O) groups is 1. The van der Waals surface area contributed by atoms with Crippen LogP contribution < -0.4 is 9.64 Å². The summed E-state index contributed by atoms with van der Waals surface area (Å²) in [5.41, 5.74) is 8.21. The average molecular weight is 504 g/mol. The molecule has 1 aliphatic heterocycles. The van der Waals surface area contributed by atoms with Gasteiger partial charge in [-0.25, -0.2) is 0 Å². The Bertz CT molecular complexity index is 1340. The van der Waals surface area contributed by atoms with Gasteiger partial charge in [-0.2, -0.15) is 0 Å². The molecule has 3 aromatic carbocycles. The average Bonchev–Trinajstić information content (AvgIpc) is 3.25. The van der Waals surface area contributed by atoms with Gasteiger partial charge in [-0.05, 0) is 55.7 Å². The molecule has 5 nitrogen and oxygen atoms in total. The van der Waals surface area contributed by atoms with E-state index in [2.05, 4.69) is 72.3 Å². The van der Waals surface area contributed by atoms with Crippen molar-refractivity contribution in [2.75, 3.05) is 38.2 Å². The van der Waals surface area contributed by atoms with E-state index in [-0.39, 0.29) is 18.3 Å². The molecular weight excluding hydrogens is 470 g/mol. The van der Waals surface area contributed by atoms with E-state index in [4.69, 9.17) is 4.74 Å². The van der Waals surface area contributed by atoms with Crippen LogP contribution in [-0.4, -0.2) is 49.1 Å². The number of piperazine rings is 1. The lowest BCUT2D eigenvalue weighted by atomic mass is 9.99. The van der Waals surface area contributed by atoms with Gasteiger partial charge in [0.1, 0.15) is 5.75 Å². The number of H-pyrrole nitrogens is 1. The van der Waals surface area contributed by atoms with Crippen molar-refractivity contribution in [1.29, 1.82) is 0 Å². The number of hydrogen-bond donors (Lipinski definition) is 1. The highest BCUT2D eigenvalue weighted by Crippen LogP contribution is 2.33. The van der Waals surface area contributed by atoms with E-state index in [0.29, 0.717) is 6.42 Å². The number of benzene rings is 3. The predicted molar refractivity (Wildman–Crippen MR) is 151 cm³/mol. The summed E-state index contributed by atoms with van der Waals surface area (Å²) >= 11 is 0. The number of carbonyl (C=O) groups excluding carboxylic acids is 1. The van der Waals surface area contributed by atoms with Crippen LogP contribution in [0.5, 0.6) is 5.75 Å². The van der Waals surface area contributed by atoms with E-state index in [9.17, 15) is 4.79 Å². The van der Waals surface area contributed by atoms with Gasteiger partial charge in [0.25, 0.3) is 0 Å². The van der Waals surface area contributed by atoms with Gasteiger partial charge < -0.3 is 19.5 Å². The molecule has 2 heterocycles. The summed E-state index contributed by atoms with van der Waals surface area (Å²) in [4.78, 5) is 21.2. The summed E-state index contributed by atoms with van der Waals surface area (Å²) in [5.74, 6) is 1.10. The highest BCUT2D eigenvalue weighted by Gasteiger charge is 2.23. The van der Waals surface area contributed by atoms with Crippen molar-refractivity contribution < 1.29 is 9.53 Å². The van der Waals surface area contributed by atoms with Gasteiger partial charge in [0.15, 0.2) is 0 Å². The Morgan fingerprint density at radius 1 is 0.917 bits per heavy atom. The number of methoxy groups -OCH3 is 1. The van der Waals surface area contributed by atoms with Crippen molar-refractivity contribution in [3.05, 3.63) is 83.4 Å². The van der Waals surface area contributed by atoms with Crippen LogP contribution in [0.15, 0.2) is 66.7 Å². The third-order valence-electron chi connectivity index (χ3n) is 7.05. The van der Waals surface area contributed by atoms with Crippen molar-refractivity contribution in [3.8, 4) is 17.0 Å². The summed E-state index contributed by atoms with van der Waals surface area (Å²) < 4.78 is 5.53. The van der Waals surface area contributed by atoms with Crippen LogP contribution in [0.1, 0.15) is 23.1 Å². The number of fused-ring (bicyclic) bond motifs is 1. The van der Waals surface area contributed by atoms with Crippen LogP contribution in [0, 0.1) is 13.8 Å². The zero-order valence-corrected chi connectivity index (χ0v) is 22.0. The molecule has 5 rings (SSSR count). The van der Waals surface area contributed by atoms with Gasteiger partial charge in [0, 0.05) is 49.2 Å². The van der Waals surface area contributed by atoms with Crippen LogP contribution in [0.2, 0.25) is 0 Å². The minimum atomic E-state index is 0. The van der Waals surface area contributed by atoms with E-state index in [0.717, 1.165) is 60.8 Å². The van der Waals surface area contributed by atoms with E-state index >= 15 is 0 Å². The van der Waals surface area contributed by atoms with Crippen molar-refractivity contribution in [2.45, 2.75) is 26.7 Å². The lowest BCUT2D eigenvalue weighted by Gasteiger charge is -2.36. The Morgan fingerprint density at radius 2 is 1.61 bits per heavy atom. The third-order valence-corrected chi connectivity index (χ3v) is 7.05. The molecule has 36 heavy (non-hydrogen) atoms. The van der Waals surface area contributed by atoms with Gasteiger partial charge in [-0.1, -0.05) is 53.6 Å². The molecule has 4 aromatic rings. The summed E-state index contributed by atoms with van der Waals surface area (Å²) in [7, 11) is 1.70. The zero-order chi connectivity index (χ0) is 24.4. The topological polar surface area (TPSA) is 48.6 Å². The molecule has 1 N–H and O–H groups in total. The van der Waals surface area contributed by atoms with Gasteiger partial charge in [0.05, 0.1) is 12.8 Å². The number of anilines is 1. The van der Waals surface area contributed by atoms with Crippen molar-refractivity contribution in [2.24, 2.45) is 0 Å². The Labute approximate surface area is 219 Å². The first-order chi connectivity index (χ1) is 17.0. The molecule has 188 valence electrons. The number of amides is 1. The summed E-state index contributed by atoms with van der Waals surface area (Å²) in [5, 5.41) is 1.22. The first-order valence-corrected chi connectivity index (χ1v) is 12.4. The Kier molecular flexibility index (Phi) is 7.90. The number of aromatic nitrogens is 1. The third kappa shape index (κ3) is 5.21. The number of ether oxygens (including phenoxy) is 1. The van der Waals surface area contributed by atoms with Crippen LogP contribution in [-0.2, 0) is 11.2 Å². The smallest absolute Gasteiger partial charge is 0.223 e. The standard InChI is InChI=1S/C30H33N3O2.ClH/c1-21-8-11-23(12-9-21)30-24(25-20-22(2)10-14-26(25)31-30)13-15-29(34)33-18-16-32(17-19-33)27-6-4-5-7-28(27)35-3;/h4-12,14,20,31H,13,15-19H2,1-3H3;1H. The van der Waals surface area contributed by atoms with E-state index in [1.54, 1.807) is 7.11 Å². The SMILES string of the molecule is COc1ccccc1N1CCN(C(=O)CCc2c(-c3ccc(C)cc3)[nH]c3ccc(C)cc23)CC1.Cl. The number of para-hydroxylation sites is 2. The van der Waals surface area contributed by atoms with E-state index in [1.165, 1.54) is 22.1 Å². The maximum atomic E-state index is 13.2. The van der Waals surface area contributed by atoms with Gasteiger partial charge in [0.2, 0.25) is 5.91 Å². The molecule has 6 heteroatoms. The zero-order valence-electron chi connectivity index (χ0n) is 21.2. The normalized spacial score (nSPS) is 13.5. The number of aryl methyl sites for hydroxylation is 3. The van der Waals surface area contributed by atoms with Crippen LogP contribution in [0.25, 0.3) is 22.2 Å². The second kappa shape index (κ2) is 11.1. The molecule has 1 saturated heterocycles. The van der Waals surface area contributed by atoms with Gasteiger partial charge in [-0.3, -0.25) is 4.79 Å². The Morgan fingerprint density at radius 3 is 2.33 bits per heavy atom. The minimum absolute atomic E-state index is 0.